The number of likely N-dealkylation sites (tertiary alicyclic amines) is 1. The number of rotatable bonds is 2. The van der Waals surface area contributed by atoms with Crippen molar-refractivity contribution in [1.82, 2.24) is 15.1 Å². The molecule has 112 valence electrons. The Morgan fingerprint density at radius 1 is 1.38 bits per heavy atom. The zero-order chi connectivity index (χ0) is 15.1. The van der Waals surface area contributed by atoms with Crippen molar-refractivity contribution in [1.29, 1.82) is 0 Å². The standard InChI is InChI=1S/C12H13ClN4O4/c1-21-11(18)8-3-9(14-15-10(8)13)16-4-7-2-6(16)5-17(7)12(19)20/h3,6-7H,2,4-5H2,1H3,(H,19,20)/t6-,7-/m0/s1. The highest BCUT2D eigenvalue weighted by atomic mass is 35.5. The van der Waals surface area contributed by atoms with E-state index < -0.39 is 12.1 Å². The molecule has 1 aromatic rings. The van der Waals surface area contributed by atoms with Crippen molar-refractivity contribution in [3.63, 3.8) is 0 Å². The van der Waals surface area contributed by atoms with E-state index in [1.54, 1.807) is 0 Å². The van der Waals surface area contributed by atoms with Crippen molar-refractivity contribution in [2.75, 3.05) is 25.1 Å². The van der Waals surface area contributed by atoms with Gasteiger partial charge in [0.05, 0.1) is 19.2 Å². The van der Waals surface area contributed by atoms with Gasteiger partial charge in [-0.05, 0) is 6.42 Å². The number of fused-ring (bicyclic) bond motifs is 2. The summed E-state index contributed by atoms with van der Waals surface area (Å²) in [6.07, 6.45) is -0.149. The highest BCUT2D eigenvalue weighted by Gasteiger charge is 2.46. The number of piperazine rings is 1. The third kappa shape index (κ3) is 2.25. The Kier molecular flexibility index (Phi) is 3.32. The number of anilines is 1. The molecule has 0 saturated carbocycles. The highest BCUT2D eigenvalue weighted by Crippen LogP contribution is 2.34. The first-order chi connectivity index (χ1) is 10.0. The number of carboxylic acid groups (broad SMARTS) is 1. The Balaban J connectivity index is 1.84. The number of carbonyl (C=O) groups is 2. The van der Waals surface area contributed by atoms with Gasteiger partial charge in [0.1, 0.15) is 5.56 Å². The third-order valence-corrected chi connectivity index (χ3v) is 4.20. The lowest BCUT2D eigenvalue weighted by molar-refractivity contribution is 0.0600. The van der Waals surface area contributed by atoms with E-state index in [1.165, 1.54) is 18.1 Å². The fourth-order valence-electron chi connectivity index (χ4n) is 2.94. The fourth-order valence-corrected chi connectivity index (χ4v) is 3.11. The largest absolute Gasteiger partial charge is 0.465 e. The van der Waals surface area contributed by atoms with Crippen molar-refractivity contribution < 1.29 is 19.4 Å². The SMILES string of the molecule is COC(=O)c1cc(N2C[C@@H]3C[C@H]2CN3C(=O)O)nnc1Cl. The molecule has 1 N–H and O–H groups in total. The molecule has 0 aliphatic carbocycles. The monoisotopic (exact) mass is 312 g/mol. The van der Waals surface area contributed by atoms with Crippen molar-refractivity contribution in [3.8, 4) is 0 Å². The minimum Gasteiger partial charge on any atom is -0.465 e. The maximum absolute atomic E-state index is 11.6. The molecule has 8 nitrogen and oxygen atoms in total. The van der Waals surface area contributed by atoms with Crippen LogP contribution in [0.4, 0.5) is 10.6 Å². The van der Waals surface area contributed by atoms with Gasteiger partial charge in [-0.1, -0.05) is 11.6 Å². The van der Waals surface area contributed by atoms with Crippen molar-refractivity contribution in [3.05, 3.63) is 16.8 Å². The molecule has 0 unspecified atom stereocenters. The smallest absolute Gasteiger partial charge is 0.407 e. The summed E-state index contributed by atoms with van der Waals surface area (Å²) in [7, 11) is 1.27. The normalized spacial score (nSPS) is 23.5. The van der Waals surface area contributed by atoms with E-state index in [0.29, 0.717) is 18.9 Å². The summed E-state index contributed by atoms with van der Waals surface area (Å²) < 4.78 is 4.65. The number of ether oxygens (including phenoxy) is 1. The number of hydrogen-bond donors (Lipinski definition) is 1. The van der Waals surface area contributed by atoms with Crippen molar-refractivity contribution in [2.24, 2.45) is 0 Å². The second-order valence-electron chi connectivity index (χ2n) is 5.03. The van der Waals surface area contributed by atoms with Crippen LogP contribution in [0.2, 0.25) is 5.15 Å². The quantitative estimate of drug-likeness (QED) is 0.809. The highest BCUT2D eigenvalue weighted by molar-refractivity contribution is 6.32. The Hall–Kier alpha value is -2.09. The summed E-state index contributed by atoms with van der Waals surface area (Å²) >= 11 is 5.84. The number of nitrogens with zero attached hydrogens (tertiary/aromatic N) is 4. The summed E-state index contributed by atoms with van der Waals surface area (Å²) in [5, 5.41) is 16.8. The second-order valence-corrected chi connectivity index (χ2v) is 5.39. The van der Waals surface area contributed by atoms with Crippen LogP contribution in [-0.4, -0.2) is 64.5 Å². The van der Waals surface area contributed by atoms with Crippen LogP contribution in [0, 0.1) is 0 Å². The Labute approximate surface area is 125 Å². The molecule has 3 heterocycles. The van der Waals surface area contributed by atoms with Gasteiger partial charge in [0, 0.05) is 19.2 Å². The van der Waals surface area contributed by atoms with E-state index in [0.717, 1.165) is 6.42 Å². The van der Waals surface area contributed by atoms with Gasteiger partial charge in [0.25, 0.3) is 0 Å². The number of aromatic nitrogens is 2. The molecule has 21 heavy (non-hydrogen) atoms. The predicted molar refractivity (Wildman–Crippen MR) is 72.7 cm³/mol. The first-order valence-corrected chi connectivity index (χ1v) is 6.76. The number of halogens is 1. The molecule has 2 bridgehead atoms. The van der Waals surface area contributed by atoms with Gasteiger partial charge in [-0.2, -0.15) is 0 Å². The van der Waals surface area contributed by atoms with Crippen LogP contribution in [-0.2, 0) is 4.74 Å². The van der Waals surface area contributed by atoms with E-state index >= 15 is 0 Å². The number of carbonyl (C=O) groups excluding carboxylic acids is 1. The van der Waals surface area contributed by atoms with E-state index in [1.807, 2.05) is 4.90 Å². The maximum Gasteiger partial charge on any atom is 0.407 e. The zero-order valence-corrected chi connectivity index (χ0v) is 11.9. The lowest BCUT2D eigenvalue weighted by atomic mass is 10.2. The molecular formula is C12H13ClN4O4. The molecule has 0 aromatic carbocycles. The minimum atomic E-state index is -0.903. The van der Waals surface area contributed by atoms with Gasteiger partial charge in [-0.3, -0.25) is 0 Å². The average Bonchev–Trinajstić information content (AvgIpc) is 3.07. The van der Waals surface area contributed by atoms with Crippen LogP contribution in [0.1, 0.15) is 16.8 Å². The maximum atomic E-state index is 11.6. The summed E-state index contributed by atoms with van der Waals surface area (Å²) in [6.45, 7) is 0.964. The number of esters is 1. The third-order valence-electron chi connectivity index (χ3n) is 3.92. The Bertz CT molecular complexity index is 611. The van der Waals surface area contributed by atoms with Crippen LogP contribution in [0.5, 0.6) is 0 Å². The van der Waals surface area contributed by atoms with Crippen LogP contribution in [0.25, 0.3) is 0 Å². The molecule has 0 radical (unpaired) electrons. The van der Waals surface area contributed by atoms with Crippen LogP contribution < -0.4 is 4.90 Å². The minimum absolute atomic E-state index is 0.0119. The molecule has 1 amide bonds. The summed E-state index contributed by atoms with van der Waals surface area (Å²) in [6, 6.07) is 1.53. The van der Waals surface area contributed by atoms with E-state index in [9.17, 15) is 9.59 Å². The van der Waals surface area contributed by atoms with Crippen molar-refractivity contribution >= 4 is 29.5 Å². The summed E-state index contributed by atoms with van der Waals surface area (Å²) in [5.74, 6) is -0.0648. The molecule has 2 aliphatic rings. The van der Waals surface area contributed by atoms with Gasteiger partial charge >= 0.3 is 12.1 Å². The predicted octanol–water partition coefficient (Wildman–Crippen LogP) is 0.858. The topological polar surface area (TPSA) is 95.9 Å². The number of methoxy groups -OCH3 is 1. The summed E-state index contributed by atoms with van der Waals surface area (Å²) in [5.41, 5.74) is 0.155. The first-order valence-electron chi connectivity index (χ1n) is 6.39. The van der Waals surface area contributed by atoms with Gasteiger partial charge < -0.3 is 19.6 Å². The Morgan fingerprint density at radius 2 is 2.14 bits per heavy atom. The van der Waals surface area contributed by atoms with E-state index in [4.69, 9.17) is 16.7 Å². The van der Waals surface area contributed by atoms with Crippen LogP contribution >= 0.6 is 11.6 Å². The van der Waals surface area contributed by atoms with Gasteiger partial charge in [0.15, 0.2) is 11.0 Å². The van der Waals surface area contributed by atoms with Crippen molar-refractivity contribution in [2.45, 2.75) is 18.5 Å². The lowest BCUT2D eigenvalue weighted by Crippen LogP contribution is -2.48. The molecule has 9 heteroatoms. The lowest BCUT2D eigenvalue weighted by Gasteiger charge is -2.33. The van der Waals surface area contributed by atoms with Gasteiger partial charge in [-0.15, -0.1) is 10.2 Å². The number of hydrogen-bond acceptors (Lipinski definition) is 6. The molecule has 3 rings (SSSR count). The summed E-state index contributed by atoms with van der Waals surface area (Å²) in [4.78, 5) is 26.1. The molecule has 2 atom stereocenters. The van der Waals surface area contributed by atoms with Crippen LogP contribution in [0.15, 0.2) is 6.07 Å². The van der Waals surface area contributed by atoms with E-state index in [2.05, 4.69) is 14.9 Å². The zero-order valence-electron chi connectivity index (χ0n) is 11.2. The second kappa shape index (κ2) is 5.03. The fraction of sp³-hybridized carbons (Fsp3) is 0.500. The van der Waals surface area contributed by atoms with Crippen LogP contribution in [0.3, 0.4) is 0 Å². The van der Waals surface area contributed by atoms with E-state index in [-0.39, 0.29) is 22.8 Å². The van der Waals surface area contributed by atoms with Gasteiger partial charge in [0.2, 0.25) is 0 Å². The average molecular weight is 313 g/mol. The molecule has 0 spiro atoms. The molecule has 2 fully saturated rings. The molecule has 2 aliphatic heterocycles. The molecular weight excluding hydrogens is 300 g/mol. The Morgan fingerprint density at radius 3 is 2.71 bits per heavy atom. The number of amides is 1. The van der Waals surface area contributed by atoms with Gasteiger partial charge in [-0.25, -0.2) is 9.59 Å². The first kappa shape index (κ1) is 13.9. The molecule has 1 aromatic heterocycles. The molecule has 2 saturated heterocycles.